The molecule has 1 unspecified atom stereocenters. The molecule has 1 saturated heterocycles. The summed E-state index contributed by atoms with van der Waals surface area (Å²) in [6.07, 6.45) is 3.70. The van der Waals surface area contributed by atoms with Crippen LogP contribution in [0.4, 0.5) is 5.69 Å². The quantitative estimate of drug-likeness (QED) is 0.464. The molecule has 1 amide bonds. The predicted octanol–water partition coefficient (Wildman–Crippen LogP) is 4.83. The van der Waals surface area contributed by atoms with Gasteiger partial charge in [-0.3, -0.25) is 9.52 Å². The van der Waals surface area contributed by atoms with Crippen LogP contribution in [-0.2, 0) is 4.79 Å². The first-order valence-corrected chi connectivity index (χ1v) is 11.2. The number of amides is 1. The molecule has 30 heavy (non-hydrogen) atoms. The number of hydrogen-bond donors (Lipinski definition) is 2. The second kappa shape index (κ2) is 13.9. The van der Waals surface area contributed by atoms with Gasteiger partial charge in [0.05, 0.1) is 6.10 Å². The lowest BCUT2D eigenvalue weighted by molar-refractivity contribution is -0.132. The first kappa shape index (κ1) is 24.1. The zero-order chi connectivity index (χ0) is 21.6. The number of carbonyl (C=O) groups is 1. The van der Waals surface area contributed by atoms with Crippen molar-refractivity contribution in [1.29, 1.82) is 0 Å². The van der Waals surface area contributed by atoms with Crippen LogP contribution in [0.1, 0.15) is 37.7 Å². The molecule has 1 aliphatic heterocycles. The number of rotatable bonds is 8. The van der Waals surface area contributed by atoms with Crippen LogP contribution >= 0.6 is 11.9 Å². The van der Waals surface area contributed by atoms with Gasteiger partial charge < -0.3 is 10.0 Å². The molecule has 1 heterocycles. The molecule has 0 aromatic heterocycles. The summed E-state index contributed by atoms with van der Waals surface area (Å²) in [4.78, 5) is 25.2. The second-order valence-corrected chi connectivity index (χ2v) is 8.29. The van der Waals surface area contributed by atoms with Crippen LogP contribution in [0, 0.1) is 11.8 Å². The molecule has 3 rings (SSSR count). The highest BCUT2D eigenvalue weighted by atomic mass is 32.2. The summed E-state index contributed by atoms with van der Waals surface area (Å²) in [5.74, 6) is 0.147. The van der Waals surface area contributed by atoms with Gasteiger partial charge in [0.15, 0.2) is 0 Å². The maximum Gasteiger partial charge on any atom is 0.222 e. The van der Waals surface area contributed by atoms with Gasteiger partial charge in [-0.2, -0.15) is 0 Å². The molecular formula is C23H31N3O3S. The fourth-order valence-corrected chi connectivity index (χ4v) is 3.74. The summed E-state index contributed by atoms with van der Waals surface area (Å²) in [6, 6.07) is 17.1. The molecule has 7 heteroatoms. The zero-order valence-corrected chi connectivity index (χ0v) is 18.3. The van der Waals surface area contributed by atoms with Gasteiger partial charge in [0.25, 0.3) is 0 Å². The van der Waals surface area contributed by atoms with E-state index < -0.39 is 6.10 Å². The van der Waals surface area contributed by atoms with E-state index in [1.165, 1.54) is 23.9 Å². The number of aliphatic hydroxyl groups is 1. The normalized spacial score (nSPS) is 14.4. The maximum absolute atomic E-state index is 12.0. The molecule has 162 valence electrons. The lowest BCUT2D eigenvalue weighted by Crippen LogP contribution is -2.36. The number of nitroso groups, excluding NO2 is 1. The van der Waals surface area contributed by atoms with E-state index in [1.54, 1.807) is 24.3 Å². The van der Waals surface area contributed by atoms with Crippen molar-refractivity contribution in [3.05, 3.63) is 65.1 Å². The Morgan fingerprint density at radius 1 is 1.10 bits per heavy atom. The van der Waals surface area contributed by atoms with Gasteiger partial charge in [0.1, 0.15) is 5.69 Å². The van der Waals surface area contributed by atoms with Crippen molar-refractivity contribution in [3.8, 4) is 0 Å². The van der Waals surface area contributed by atoms with E-state index in [2.05, 4.69) is 29.0 Å². The number of nitrogens with one attached hydrogen (secondary N) is 1. The van der Waals surface area contributed by atoms with Crippen molar-refractivity contribution < 1.29 is 9.90 Å². The van der Waals surface area contributed by atoms with E-state index in [0.717, 1.165) is 30.8 Å². The Morgan fingerprint density at radius 3 is 2.33 bits per heavy atom. The number of piperidine rings is 1. The summed E-state index contributed by atoms with van der Waals surface area (Å²) in [5.41, 5.74) is 1.72. The van der Waals surface area contributed by atoms with Crippen molar-refractivity contribution in [2.45, 2.75) is 50.0 Å². The first-order valence-electron chi connectivity index (χ1n) is 10.4. The lowest BCUT2D eigenvalue weighted by Gasteiger charge is -2.27. The summed E-state index contributed by atoms with van der Waals surface area (Å²) in [5, 5.41) is 12.8. The van der Waals surface area contributed by atoms with Gasteiger partial charge in [-0.1, -0.05) is 35.9 Å². The minimum absolute atomic E-state index is 0.147. The first-order chi connectivity index (χ1) is 14.6. The molecule has 0 saturated carbocycles. The minimum atomic E-state index is -0.549. The summed E-state index contributed by atoms with van der Waals surface area (Å²) < 4.78 is 3.08. The topological polar surface area (TPSA) is 82.0 Å². The van der Waals surface area contributed by atoms with E-state index in [1.807, 2.05) is 23.1 Å². The predicted molar refractivity (Wildman–Crippen MR) is 123 cm³/mol. The Morgan fingerprint density at radius 2 is 1.77 bits per heavy atom. The third-order valence-electron chi connectivity index (χ3n) is 4.79. The summed E-state index contributed by atoms with van der Waals surface area (Å²) in [6.45, 7) is 4.20. The van der Waals surface area contributed by atoms with E-state index in [9.17, 15) is 14.8 Å². The zero-order valence-electron chi connectivity index (χ0n) is 17.5. The number of aryl methyl sites for hydroxylation is 1. The van der Waals surface area contributed by atoms with E-state index in [-0.39, 0.29) is 5.91 Å². The van der Waals surface area contributed by atoms with Crippen LogP contribution < -0.4 is 4.72 Å². The molecule has 1 aliphatic rings. The fraction of sp³-hybridized carbons (Fsp3) is 0.435. The van der Waals surface area contributed by atoms with Gasteiger partial charge in [-0.05, 0) is 74.0 Å². The van der Waals surface area contributed by atoms with Crippen LogP contribution in [0.25, 0.3) is 0 Å². The van der Waals surface area contributed by atoms with Crippen LogP contribution in [-0.4, -0.2) is 41.7 Å². The van der Waals surface area contributed by atoms with Gasteiger partial charge in [-0.25, -0.2) is 0 Å². The molecule has 2 aromatic rings. The van der Waals surface area contributed by atoms with Crippen LogP contribution in [0.5, 0.6) is 0 Å². The van der Waals surface area contributed by atoms with E-state index in [4.69, 9.17) is 0 Å². The number of likely N-dealkylation sites (tertiary alicyclic amines) is 1. The Kier molecular flexibility index (Phi) is 11.1. The molecule has 0 radical (unpaired) electrons. The van der Waals surface area contributed by atoms with Crippen molar-refractivity contribution in [2.75, 3.05) is 19.6 Å². The smallest absolute Gasteiger partial charge is 0.222 e. The Labute approximate surface area is 183 Å². The third kappa shape index (κ3) is 9.52. The average Bonchev–Trinajstić information content (AvgIpc) is 2.79. The van der Waals surface area contributed by atoms with E-state index >= 15 is 0 Å². The maximum atomic E-state index is 12.0. The van der Waals surface area contributed by atoms with Crippen LogP contribution in [0.2, 0.25) is 0 Å². The van der Waals surface area contributed by atoms with Crippen molar-refractivity contribution >= 4 is 23.5 Å². The molecule has 0 aliphatic carbocycles. The molecule has 2 N–H and O–H groups in total. The van der Waals surface area contributed by atoms with Gasteiger partial charge in [0.2, 0.25) is 5.91 Å². The van der Waals surface area contributed by atoms with Crippen LogP contribution in [0.3, 0.4) is 0 Å². The summed E-state index contributed by atoms with van der Waals surface area (Å²) >= 11 is 1.38. The highest BCUT2D eigenvalue weighted by molar-refractivity contribution is 7.97. The number of nitrogens with zero attached hydrogens (tertiary/aromatic N) is 2. The van der Waals surface area contributed by atoms with E-state index in [0.29, 0.717) is 25.1 Å². The molecule has 1 fully saturated rings. The third-order valence-corrected chi connectivity index (χ3v) is 5.61. The lowest BCUT2D eigenvalue weighted by atomic mass is 10.1. The fourth-order valence-electron chi connectivity index (χ4n) is 3.02. The van der Waals surface area contributed by atoms with Crippen molar-refractivity contribution in [1.82, 2.24) is 9.62 Å². The molecule has 6 nitrogen and oxygen atoms in total. The number of benzene rings is 2. The number of aliphatic hydroxyl groups excluding tert-OH is 1. The average molecular weight is 430 g/mol. The molecular weight excluding hydrogens is 398 g/mol. The largest absolute Gasteiger partial charge is 0.392 e. The van der Waals surface area contributed by atoms with Crippen LogP contribution in [0.15, 0.2) is 64.7 Å². The molecule has 2 aromatic carbocycles. The highest BCUT2D eigenvalue weighted by Crippen LogP contribution is 2.19. The SMILES string of the molecule is Cc1ccccc1.O=Nc1ccc(SNCC(O)CCC(=O)N2CCCCC2)cc1. The Bertz CT molecular complexity index is 750. The number of hydrogen-bond acceptors (Lipinski definition) is 6. The molecule has 0 spiro atoms. The second-order valence-electron chi connectivity index (χ2n) is 7.32. The minimum Gasteiger partial charge on any atom is -0.392 e. The van der Waals surface area contributed by atoms with Gasteiger partial charge in [-0.15, -0.1) is 4.91 Å². The Balaban J connectivity index is 0.000000386. The monoisotopic (exact) mass is 429 g/mol. The van der Waals surface area contributed by atoms with Gasteiger partial charge in [0, 0.05) is 31.0 Å². The molecule has 0 bridgehead atoms. The van der Waals surface area contributed by atoms with Crippen molar-refractivity contribution in [3.63, 3.8) is 0 Å². The van der Waals surface area contributed by atoms with Crippen molar-refractivity contribution in [2.24, 2.45) is 5.18 Å². The molecule has 1 atom stereocenters. The van der Waals surface area contributed by atoms with Gasteiger partial charge >= 0.3 is 0 Å². The number of carbonyl (C=O) groups excluding carboxylic acids is 1. The Hall–Kier alpha value is -2.22. The highest BCUT2D eigenvalue weighted by Gasteiger charge is 2.17. The summed E-state index contributed by atoms with van der Waals surface area (Å²) in [7, 11) is 0. The standard InChI is InChI=1S/C16H23N3O3S.C7H8/c20-14(6-9-16(21)19-10-2-1-3-11-19)12-17-23-15-7-4-13(18-22)5-8-15;1-7-5-3-2-4-6-7/h4-5,7-8,14,17,20H,1-3,6,9-12H2;2-6H,1H3.